The van der Waals surface area contributed by atoms with Gasteiger partial charge in [-0.3, -0.25) is 9.78 Å². The second-order valence-electron chi connectivity index (χ2n) is 8.56. The van der Waals surface area contributed by atoms with Crippen LogP contribution in [0, 0.1) is 5.41 Å². The first kappa shape index (κ1) is 20.3. The second-order valence-corrected chi connectivity index (χ2v) is 8.56. The van der Waals surface area contributed by atoms with E-state index in [1.807, 2.05) is 17.8 Å². The maximum atomic E-state index is 12.8. The Morgan fingerprint density at radius 3 is 2.62 bits per heavy atom. The van der Waals surface area contributed by atoms with Gasteiger partial charge in [0.05, 0.1) is 23.6 Å². The molecule has 0 radical (unpaired) electrons. The molecule has 168 valence electrons. The van der Waals surface area contributed by atoms with Crippen LogP contribution < -0.4 is 10.6 Å². The van der Waals surface area contributed by atoms with Gasteiger partial charge in [0.25, 0.3) is 5.91 Å². The van der Waals surface area contributed by atoms with E-state index >= 15 is 0 Å². The van der Waals surface area contributed by atoms with Crippen LogP contribution in [0.25, 0.3) is 5.65 Å². The molecule has 3 aromatic rings. The van der Waals surface area contributed by atoms with Gasteiger partial charge >= 0.3 is 12.2 Å². The molecule has 1 aliphatic heterocycles. The molecule has 0 unspecified atom stereocenters. The molecular formula is C20H20F3N7O2. The van der Waals surface area contributed by atoms with E-state index in [0.29, 0.717) is 37.7 Å². The lowest BCUT2D eigenvalue weighted by Crippen LogP contribution is -2.67. The smallest absolute Gasteiger partial charge is 0.337 e. The fourth-order valence-electron chi connectivity index (χ4n) is 4.64. The van der Waals surface area contributed by atoms with Gasteiger partial charge in [-0.05, 0) is 18.9 Å². The number of likely N-dealkylation sites (tertiary alicyclic amines) is 1. The highest BCUT2D eigenvalue weighted by molar-refractivity contribution is 6.00. The summed E-state index contributed by atoms with van der Waals surface area (Å²) in [4.78, 5) is 30.3. The van der Waals surface area contributed by atoms with Gasteiger partial charge in [-0.15, -0.1) is 0 Å². The lowest BCUT2D eigenvalue weighted by Gasteiger charge is -2.58. The monoisotopic (exact) mass is 447 g/mol. The highest BCUT2D eigenvalue weighted by atomic mass is 19.4. The maximum absolute atomic E-state index is 12.8. The minimum atomic E-state index is -4.53. The first-order valence-electron chi connectivity index (χ1n) is 10.0. The molecular weight excluding hydrogens is 427 g/mol. The molecule has 2 N–H and O–H groups in total. The first-order valence-corrected chi connectivity index (χ1v) is 10.0. The molecule has 0 bridgehead atoms. The van der Waals surface area contributed by atoms with Crippen LogP contribution in [0.2, 0.25) is 0 Å². The van der Waals surface area contributed by atoms with E-state index in [-0.39, 0.29) is 23.1 Å². The van der Waals surface area contributed by atoms with Crippen molar-refractivity contribution in [2.24, 2.45) is 12.5 Å². The van der Waals surface area contributed by atoms with Crippen molar-refractivity contribution in [2.45, 2.75) is 25.1 Å². The molecule has 3 aromatic heterocycles. The third kappa shape index (κ3) is 3.45. The number of nitrogens with one attached hydrogen (secondary N) is 2. The van der Waals surface area contributed by atoms with Gasteiger partial charge in [0.2, 0.25) is 0 Å². The molecule has 1 saturated heterocycles. The van der Waals surface area contributed by atoms with Crippen molar-refractivity contribution < 1.29 is 22.8 Å². The summed E-state index contributed by atoms with van der Waals surface area (Å²) in [5.41, 5.74) is 0.314. The standard InChI is InChI=1S/C20H20F3N7O2/c1-28-2-3-30-16(28)15(9-25-30)17(31)29-10-19(11-29)5-14(6-19)27-18(32)26-13-4-12(7-24-8-13)20(21,22)23/h2-4,7-9,14H,5-6,10-11H2,1H3,(H2,26,27,32). The number of imidazole rings is 1. The quantitative estimate of drug-likeness (QED) is 0.645. The molecule has 32 heavy (non-hydrogen) atoms. The highest BCUT2D eigenvalue weighted by Crippen LogP contribution is 2.48. The van der Waals surface area contributed by atoms with E-state index < -0.39 is 17.8 Å². The Morgan fingerprint density at radius 2 is 1.91 bits per heavy atom. The molecule has 9 nitrogen and oxygen atoms in total. The number of carbonyl (C=O) groups excluding carboxylic acids is 2. The van der Waals surface area contributed by atoms with Crippen LogP contribution in [0.1, 0.15) is 28.8 Å². The number of amides is 3. The fourth-order valence-corrected chi connectivity index (χ4v) is 4.64. The number of fused-ring (bicyclic) bond motifs is 1. The zero-order chi connectivity index (χ0) is 22.7. The zero-order valence-electron chi connectivity index (χ0n) is 17.1. The summed E-state index contributed by atoms with van der Waals surface area (Å²) >= 11 is 0. The first-order chi connectivity index (χ1) is 15.1. The Labute approximate surface area is 180 Å². The molecule has 3 amide bonds. The molecule has 2 fully saturated rings. The molecule has 4 heterocycles. The lowest BCUT2D eigenvalue weighted by atomic mass is 9.60. The van der Waals surface area contributed by atoms with Crippen molar-refractivity contribution in [2.75, 3.05) is 18.4 Å². The number of pyridine rings is 1. The topological polar surface area (TPSA) is 96.6 Å². The number of halogens is 3. The normalized spacial score (nSPS) is 17.8. The molecule has 1 aliphatic carbocycles. The number of alkyl halides is 3. The number of hydrogen-bond acceptors (Lipinski definition) is 4. The summed E-state index contributed by atoms with van der Waals surface area (Å²) in [6.07, 6.45) is 3.93. The van der Waals surface area contributed by atoms with E-state index in [1.54, 1.807) is 21.8 Å². The Morgan fingerprint density at radius 1 is 1.16 bits per heavy atom. The minimum Gasteiger partial charge on any atom is -0.337 e. The van der Waals surface area contributed by atoms with Crippen LogP contribution in [0.15, 0.2) is 37.1 Å². The number of nitrogens with zero attached hydrogens (tertiary/aromatic N) is 5. The summed E-state index contributed by atoms with van der Waals surface area (Å²) in [6, 6.07) is 0.163. The Kier molecular flexibility index (Phi) is 4.43. The predicted octanol–water partition coefficient (Wildman–Crippen LogP) is 2.51. The Hall–Kier alpha value is -3.57. The van der Waals surface area contributed by atoms with Gasteiger partial charge in [-0.2, -0.15) is 18.3 Å². The summed E-state index contributed by atoms with van der Waals surface area (Å²) in [5.74, 6) is -0.0707. The lowest BCUT2D eigenvalue weighted by molar-refractivity contribution is -0.137. The minimum absolute atomic E-state index is 0.0220. The van der Waals surface area contributed by atoms with Crippen LogP contribution in [0.3, 0.4) is 0 Å². The molecule has 0 aromatic carbocycles. The predicted molar refractivity (Wildman–Crippen MR) is 107 cm³/mol. The number of aryl methyl sites for hydroxylation is 1. The summed E-state index contributed by atoms with van der Waals surface area (Å²) in [5, 5.41) is 9.36. The van der Waals surface area contributed by atoms with E-state index in [1.165, 1.54) is 0 Å². The molecule has 1 saturated carbocycles. The number of aromatic nitrogens is 4. The number of carbonyl (C=O) groups is 2. The Balaban J connectivity index is 1.12. The third-order valence-corrected chi connectivity index (χ3v) is 6.12. The maximum Gasteiger partial charge on any atom is 0.417 e. The molecule has 0 atom stereocenters. The second kappa shape index (κ2) is 6.97. The number of rotatable bonds is 3. The average Bonchev–Trinajstić information content (AvgIpc) is 3.25. The SMILES string of the molecule is Cn1ccn2ncc(C(=O)N3CC4(CC(NC(=O)Nc5cncc(C(F)(F)F)c5)C4)C3)c12. The fraction of sp³-hybridized carbons (Fsp3) is 0.400. The van der Waals surface area contributed by atoms with Crippen molar-refractivity contribution in [3.8, 4) is 0 Å². The van der Waals surface area contributed by atoms with Gasteiger partial charge in [-0.1, -0.05) is 0 Å². The van der Waals surface area contributed by atoms with E-state index in [2.05, 4.69) is 20.7 Å². The third-order valence-electron chi connectivity index (χ3n) is 6.12. The van der Waals surface area contributed by atoms with Crippen molar-refractivity contribution >= 4 is 23.3 Å². The number of hydrogen-bond donors (Lipinski definition) is 2. The van der Waals surface area contributed by atoms with Gasteiger partial charge in [0.1, 0.15) is 11.2 Å². The summed E-state index contributed by atoms with van der Waals surface area (Å²) in [6.45, 7) is 1.20. The van der Waals surface area contributed by atoms with Crippen LogP contribution >= 0.6 is 0 Å². The Bertz CT molecular complexity index is 1200. The zero-order valence-corrected chi connectivity index (χ0v) is 17.1. The van der Waals surface area contributed by atoms with E-state index in [0.717, 1.165) is 17.9 Å². The van der Waals surface area contributed by atoms with E-state index in [9.17, 15) is 22.8 Å². The van der Waals surface area contributed by atoms with Crippen LogP contribution in [-0.4, -0.2) is 55.1 Å². The van der Waals surface area contributed by atoms with Gasteiger partial charge < -0.3 is 20.1 Å². The van der Waals surface area contributed by atoms with Crippen molar-refractivity contribution in [3.63, 3.8) is 0 Å². The number of anilines is 1. The van der Waals surface area contributed by atoms with Crippen LogP contribution in [-0.2, 0) is 13.2 Å². The molecule has 2 aliphatic rings. The average molecular weight is 447 g/mol. The van der Waals surface area contributed by atoms with Gasteiger partial charge in [0, 0.05) is 50.2 Å². The van der Waals surface area contributed by atoms with Crippen molar-refractivity contribution in [3.05, 3.63) is 48.2 Å². The molecule has 12 heteroatoms. The largest absolute Gasteiger partial charge is 0.417 e. The summed E-state index contributed by atoms with van der Waals surface area (Å²) < 4.78 is 41.8. The summed E-state index contributed by atoms with van der Waals surface area (Å²) in [7, 11) is 1.86. The van der Waals surface area contributed by atoms with Crippen molar-refractivity contribution in [1.82, 2.24) is 29.4 Å². The number of urea groups is 1. The van der Waals surface area contributed by atoms with Crippen molar-refractivity contribution in [1.29, 1.82) is 0 Å². The highest BCUT2D eigenvalue weighted by Gasteiger charge is 2.54. The van der Waals surface area contributed by atoms with Gasteiger partial charge in [0.15, 0.2) is 0 Å². The van der Waals surface area contributed by atoms with Crippen LogP contribution in [0.4, 0.5) is 23.7 Å². The molecule has 1 spiro atoms. The van der Waals surface area contributed by atoms with E-state index in [4.69, 9.17) is 0 Å². The molecule has 5 rings (SSSR count). The van der Waals surface area contributed by atoms with Crippen LogP contribution in [0.5, 0.6) is 0 Å². The van der Waals surface area contributed by atoms with Gasteiger partial charge in [-0.25, -0.2) is 9.31 Å².